The topological polar surface area (TPSA) is 33.2 Å². The van der Waals surface area contributed by atoms with E-state index in [4.69, 9.17) is 4.98 Å². The Hall–Kier alpha value is -0.900. The smallest absolute Gasteiger partial charge is 0.185 e. The first-order valence-electron chi connectivity index (χ1n) is 7.59. The number of rotatable bonds is 4. The Morgan fingerprint density at radius 3 is 2.45 bits per heavy atom. The fourth-order valence-corrected chi connectivity index (χ4v) is 4.00. The zero-order chi connectivity index (χ0) is 14.8. The van der Waals surface area contributed by atoms with Gasteiger partial charge in [0.05, 0.1) is 10.6 Å². The van der Waals surface area contributed by atoms with Crippen molar-refractivity contribution in [2.24, 2.45) is 5.92 Å². The van der Waals surface area contributed by atoms with Crippen molar-refractivity contribution in [3.63, 3.8) is 0 Å². The number of aldehydes is 1. The van der Waals surface area contributed by atoms with Crippen molar-refractivity contribution in [3.8, 4) is 0 Å². The molecule has 1 aromatic heterocycles. The molecule has 0 aromatic carbocycles. The largest absolute Gasteiger partial charge is 0.351 e. The molecule has 1 saturated carbocycles. The summed E-state index contributed by atoms with van der Waals surface area (Å²) in [4.78, 5) is 19.0. The van der Waals surface area contributed by atoms with Gasteiger partial charge in [-0.15, -0.1) is 0 Å². The van der Waals surface area contributed by atoms with Gasteiger partial charge in [0.15, 0.2) is 11.4 Å². The summed E-state index contributed by atoms with van der Waals surface area (Å²) in [5, 5.41) is 0.989. The molecular formula is C16H26N2OS. The van der Waals surface area contributed by atoms with E-state index in [1.165, 1.54) is 43.4 Å². The standard InChI is InChI=1S/C16H26N2OS/c1-16(2,3)14-13(11-19)20-15(17-14)18(4)10-12-8-6-5-7-9-12/h11-12H,5-10H2,1-4H3. The quantitative estimate of drug-likeness (QED) is 0.778. The van der Waals surface area contributed by atoms with Crippen LogP contribution in [0.2, 0.25) is 0 Å². The second kappa shape index (κ2) is 6.25. The van der Waals surface area contributed by atoms with Gasteiger partial charge in [-0.05, 0) is 18.8 Å². The number of hydrogen-bond acceptors (Lipinski definition) is 4. The summed E-state index contributed by atoms with van der Waals surface area (Å²) in [6.07, 6.45) is 7.74. The number of nitrogens with zero attached hydrogens (tertiary/aromatic N) is 2. The molecule has 0 bridgehead atoms. The van der Waals surface area contributed by atoms with Gasteiger partial charge in [-0.3, -0.25) is 4.79 Å². The summed E-state index contributed by atoms with van der Waals surface area (Å²) in [5.74, 6) is 0.787. The summed E-state index contributed by atoms with van der Waals surface area (Å²) in [6.45, 7) is 7.40. The fourth-order valence-electron chi connectivity index (χ4n) is 2.94. The van der Waals surface area contributed by atoms with Gasteiger partial charge in [-0.25, -0.2) is 4.98 Å². The van der Waals surface area contributed by atoms with Crippen molar-refractivity contribution in [2.45, 2.75) is 58.3 Å². The van der Waals surface area contributed by atoms with Crippen LogP contribution in [0, 0.1) is 5.92 Å². The average Bonchev–Trinajstić information content (AvgIpc) is 2.84. The minimum atomic E-state index is -0.0727. The molecular weight excluding hydrogens is 268 g/mol. The van der Waals surface area contributed by atoms with E-state index in [-0.39, 0.29) is 5.41 Å². The van der Waals surface area contributed by atoms with Crippen LogP contribution >= 0.6 is 11.3 Å². The molecule has 0 aliphatic heterocycles. The molecule has 1 aromatic rings. The molecule has 1 aliphatic rings. The minimum Gasteiger partial charge on any atom is -0.351 e. The van der Waals surface area contributed by atoms with Crippen LogP contribution in [0.15, 0.2) is 0 Å². The second-order valence-corrected chi connectivity index (χ2v) is 7.97. The number of anilines is 1. The van der Waals surface area contributed by atoms with E-state index < -0.39 is 0 Å². The predicted octanol–water partition coefficient (Wildman–Crippen LogP) is 4.27. The molecule has 0 radical (unpaired) electrons. The third-order valence-corrected chi connectivity index (χ3v) is 5.14. The fraction of sp³-hybridized carbons (Fsp3) is 0.750. The first-order valence-corrected chi connectivity index (χ1v) is 8.41. The first-order chi connectivity index (χ1) is 9.41. The maximum absolute atomic E-state index is 11.3. The summed E-state index contributed by atoms with van der Waals surface area (Å²) in [7, 11) is 2.11. The van der Waals surface area contributed by atoms with Gasteiger partial charge in [-0.2, -0.15) is 0 Å². The zero-order valence-corrected chi connectivity index (χ0v) is 13.9. The van der Waals surface area contributed by atoms with E-state index in [0.29, 0.717) is 0 Å². The molecule has 0 unspecified atom stereocenters. The van der Waals surface area contributed by atoms with Crippen LogP contribution in [0.3, 0.4) is 0 Å². The van der Waals surface area contributed by atoms with E-state index in [1.807, 2.05) is 0 Å². The molecule has 3 nitrogen and oxygen atoms in total. The first kappa shape index (κ1) is 15.5. The van der Waals surface area contributed by atoms with Gasteiger partial charge in [-0.1, -0.05) is 51.4 Å². The van der Waals surface area contributed by atoms with Crippen LogP contribution in [0.4, 0.5) is 5.13 Å². The highest BCUT2D eigenvalue weighted by Gasteiger charge is 2.25. The molecule has 1 aliphatic carbocycles. The summed E-state index contributed by atoms with van der Waals surface area (Å²) >= 11 is 1.53. The molecule has 1 heterocycles. The van der Waals surface area contributed by atoms with Crippen molar-refractivity contribution < 1.29 is 4.79 Å². The number of carbonyl (C=O) groups excluding carboxylic acids is 1. The summed E-state index contributed by atoms with van der Waals surface area (Å²) in [5.41, 5.74) is 0.861. The van der Waals surface area contributed by atoms with Crippen molar-refractivity contribution in [3.05, 3.63) is 10.6 Å². The van der Waals surface area contributed by atoms with E-state index >= 15 is 0 Å². The minimum absolute atomic E-state index is 0.0727. The van der Waals surface area contributed by atoms with Gasteiger partial charge in [0, 0.05) is 19.0 Å². The highest BCUT2D eigenvalue weighted by molar-refractivity contribution is 7.17. The Labute approximate surface area is 126 Å². The number of carbonyl (C=O) groups is 1. The van der Waals surface area contributed by atoms with Crippen molar-refractivity contribution in [2.75, 3.05) is 18.5 Å². The van der Waals surface area contributed by atoms with E-state index in [2.05, 4.69) is 32.7 Å². The average molecular weight is 294 g/mol. The van der Waals surface area contributed by atoms with Gasteiger partial charge < -0.3 is 4.90 Å². The van der Waals surface area contributed by atoms with Crippen LogP contribution in [-0.4, -0.2) is 24.9 Å². The Balaban J connectivity index is 2.11. The molecule has 20 heavy (non-hydrogen) atoms. The maximum Gasteiger partial charge on any atom is 0.185 e. The van der Waals surface area contributed by atoms with E-state index in [1.54, 1.807) is 0 Å². The Kier molecular flexibility index (Phi) is 4.84. The second-order valence-electron chi connectivity index (χ2n) is 6.96. The third-order valence-electron chi connectivity index (χ3n) is 4.04. The van der Waals surface area contributed by atoms with E-state index in [9.17, 15) is 4.79 Å². The molecule has 112 valence electrons. The molecule has 0 N–H and O–H groups in total. The molecule has 0 spiro atoms. The Morgan fingerprint density at radius 1 is 1.30 bits per heavy atom. The monoisotopic (exact) mass is 294 g/mol. The summed E-state index contributed by atoms with van der Waals surface area (Å²) in [6, 6.07) is 0. The predicted molar refractivity (Wildman–Crippen MR) is 86.0 cm³/mol. The highest BCUT2D eigenvalue weighted by Crippen LogP contribution is 2.33. The van der Waals surface area contributed by atoms with Crippen LogP contribution in [-0.2, 0) is 5.41 Å². The molecule has 1 fully saturated rings. The van der Waals surface area contributed by atoms with Gasteiger partial charge in [0.1, 0.15) is 0 Å². The maximum atomic E-state index is 11.3. The SMILES string of the molecule is CN(CC1CCCCC1)c1nc(C(C)(C)C)c(C=O)s1. The summed E-state index contributed by atoms with van der Waals surface area (Å²) < 4.78 is 0. The lowest BCUT2D eigenvalue weighted by atomic mass is 9.89. The number of thiazole rings is 1. The lowest BCUT2D eigenvalue weighted by Crippen LogP contribution is -2.26. The Morgan fingerprint density at radius 2 is 1.95 bits per heavy atom. The third kappa shape index (κ3) is 3.60. The van der Waals surface area contributed by atoms with Crippen LogP contribution in [0.5, 0.6) is 0 Å². The molecule has 0 atom stereocenters. The van der Waals surface area contributed by atoms with Gasteiger partial charge in [0.2, 0.25) is 0 Å². The van der Waals surface area contributed by atoms with Crippen LogP contribution < -0.4 is 4.90 Å². The van der Waals surface area contributed by atoms with Crippen molar-refractivity contribution in [1.29, 1.82) is 0 Å². The zero-order valence-electron chi connectivity index (χ0n) is 13.1. The molecule has 2 rings (SSSR count). The van der Waals surface area contributed by atoms with Crippen LogP contribution in [0.25, 0.3) is 0 Å². The molecule has 0 saturated heterocycles. The van der Waals surface area contributed by atoms with E-state index in [0.717, 1.165) is 34.5 Å². The normalized spacial score (nSPS) is 17.2. The van der Waals surface area contributed by atoms with Gasteiger partial charge >= 0.3 is 0 Å². The lowest BCUT2D eigenvalue weighted by Gasteiger charge is -2.26. The van der Waals surface area contributed by atoms with Crippen molar-refractivity contribution >= 4 is 22.8 Å². The number of aromatic nitrogens is 1. The number of hydrogen-bond donors (Lipinski definition) is 0. The van der Waals surface area contributed by atoms with Gasteiger partial charge in [0.25, 0.3) is 0 Å². The molecule has 0 amide bonds. The Bertz CT molecular complexity index is 456. The lowest BCUT2D eigenvalue weighted by molar-refractivity contribution is 0.112. The molecule has 4 heteroatoms. The van der Waals surface area contributed by atoms with Crippen molar-refractivity contribution in [1.82, 2.24) is 4.98 Å². The van der Waals surface area contributed by atoms with Crippen LogP contribution in [0.1, 0.15) is 68.2 Å². The highest BCUT2D eigenvalue weighted by atomic mass is 32.1.